The standard InChI is InChI=1S/C17H22N4O5S2/c1-12-18-17(26-19-12)13-3-2-10-21(11-13)28(24,25)16-8-6-15(7-9-16)27(22,23)20-14-4-5-14/h6-9,13-14,20H,2-5,10-11H2,1H3. The molecule has 2 aromatic rings. The van der Waals surface area contributed by atoms with Gasteiger partial charge in [0.25, 0.3) is 0 Å². The Balaban J connectivity index is 1.52. The average Bonchev–Trinajstić information content (AvgIpc) is 3.37. The van der Waals surface area contributed by atoms with Crippen LogP contribution in [0.3, 0.4) is 0 Å². The van der Waals surface area contributed by atoms with Crippen molar-refractivity contribution in [3.63, 3.8) is 0 Å². The van der Waals surface area contributed by atoms with Gasteiger partial charge in [0.1, 0.15) is 0 Å². The normalized spacial score (nSPS) is 21.7. The second-order valence-corrected chi connectivity index (χ2v) is 10.9. The van der Waals surface area contributed by atoms with Crippen molar-refractivity contribution in [2.45, 2.75) is 54.4 Å². The van der Waals surface area contributed by atoms with Gasteiger partial charge < -0.3 is 4.52 Å². The van der Waals surface area contributed by atoms with Gasteiger partial charge in [0, 0.05) is 19.1 Å². The lowest BCUT2D eigenvalue weighted by Gasteiger charge is -2.30. The fourth-order valence-electron chi connectivity index (χ4n) is 3.27. The Morgan fingerprint density at radius 3 is 2.36 bits per heavy atom. The third kappa shape index (κ3) is 3.97. The Morgan fingerprint density at radius 2 is 1.75 bits per heavy atom. The van der Waals surface area contributed by atoms with E-state index in [2.05, 4.69) is 14.9 Å². The molecule has 28 heavy (non-hydrogen) atoms. The van der Waals surface area contributed by atoms with Crippen LogP contribution in [-0.4, -0.2) is 50.4 Å². The lowest BCUT2D eigenvalue weighted by molar-refractivity contribution is 0.265. The predicted molar refractivity (Wildman–Crippen MR) is 99.6 cm³/mol. The first-order valence-electron chi connectivity index (χ1n) is 9.18. The van der Waals surface area contributed by atoms with E-state index in [1.807, 2.05) is 0 Å². The quantitative estimate of drug-likeness (QED) is 0.740. The number of aromatic nitrogens is 2. The molecule has 1 N–H and O–H groups in total. The van der Waals surface area contributed by atoms with Gasteiger partial charge in [-0.15, -0.1) is 0 Å². The van der Waals surface area contributed by atoms with Crippen LogP contribution in [0, 0.1) is 6.92 Å². The Hall–Kier alpha value is -1.82. The van der Waals surface area contributed by atoms with E-state index < -0.39 is 20.0 Å². The summed E-state index contributed by atoms with van der Waals surface area (Å²) in [6.07, 6.45) is 3.13. The van der Waals surface area contributed by atoms with E-state index in [1.54, 1.807) is 6.92 Å². The lowest BCUT2D eigenvalue weighted by atomic mass is 10.00. The monoisotopic (exact) mass is 426 g/mol. The molecule has 1 atom stereocenters. The molecule has 1 aromatic carbocycles. The van der Waals surface area contributed by atoms with E-state index in [0.717, 1.165) is 19.3 Å². The zero-order chi connectivity index (χ0) is 19.9. The molecule has 1 saturated heterocycles. The number of hydrogen-bond donors (Lipinski definition) is 1. The van der Waals surface area contributed by atoms with Crippen LogP contribution < -0.4 is 4.72 Å². The van der Waals surface area contributed by atoms with Crippen LogP contribution in [0.1, 0.15) is 43.3 Å². The Morgan fingerprint density at radius 1 is 1.07 bits per heavy atom. The zero-order valence-corrected chi connectivity index (χ0v) is 17.0. The van der Waals surface area contributed by atoms with E-state index in [9.17, 15) is 16.8 Å². The molecule has 2 heterocycles. The fraction of sp³-hybridized carbons (Fsp3) is 0.529. The van der Waals surface area contributed by atoms with Gasteiger partial charge in [0.05, 0.1) is 15.7 Å². The van der Waals surface area contributed by atoms with Crippen LogP contribution in [0.2, 0.25) is 0 Å². The van der Waals surface area contributed by atoms with Gasteiger partial charge >= 0.3 is 0 Å². The van der Waals surface area contributed by atoms with Crippen molar-refractivity contribution >= 4 is 20.0 Å². The number of nitrogens with one attached hydrogen (secondary N) is 1. The summed E-state index contributed by atoms with van der Waals surface area (Å²) in [4.78, 5) is 4.35. The molecular weight excluding hydrogens is 404 g/mol. The summed E-state index contributed by atoms with van der Waals surface area (Å²) in [6, 6.07) is 5.35. The maximum atomic E-state index is 13.0. The molecule has 152 valence electrons. The molecule has 0 spiro atoms. The highest BCUT2D eigenvalue weighted by molar-refractivity contribution is 7.89. The number of aryl methyl sites for hydroxylation is 1. The molecule has 11 heteroatoms. The van der Waals surface area contributed by atoms with Gasteiger partial charge in [0.15, 0.2) is 5.82 Å². The smallest absolute Gasteiger partial charge is 0.243 e. The molecule has 0 amide bonds. The number of sulfonamides is 2. The van der Waals surface area contributed by atoms with E-state index in [0.29, 0.717) is 24.7 Å². The summed E-state index contributed by atoms with van der Waals surface area (Å²) in [7, 11) is -7.35. The molecule has 1 aliphatic carbocycles. The van der Waals surface area contributed by atoms with Crippen molar-refractivity contribution < 1.29 is 21.4 Å². The SMILES string of the molecule is Cc1noc(C2CCCN(S(=O)(=O)c3ccc(S(=O)(=O)NC4CC4)cc3)C2)n1. The minimum Gasteiger partial charge on any atom is -0.339 e. The first-order valence-corrected chi connectivity index (χ1v) is 12.1. The molecule has 9 nitrogen and oxygen atoms in total. The fourth-order valence-corrected chi connectivity index (χ4v) is 6.10. The molecule has 4 rings (SSSR count). The second-order valence-electron chi connectivity index (χ2n) is 7.25. The van der Waals surface area contributed by atoms with E-state index >= 15 is 0 Å². The van der Waals surface area contributed by atoms with E-state index in [4.69, 9.17) is 4.52 Å². The Labute approximate surface area is 164 Å². The maximum Gasteiger partial charge on any atom is 0.243 e. The number of rotatable bonds is 6. The second kappa shape index (κ2) is 7.21. The first kappa shape index (κ1) is 19.5. The number of hydrogen-bond acceptors (Lipinski definition) is 7. The van der Waals surface area contributed by atoms with E-state index in [1.165, 1.54) is 28.6 Å². The zero-order valence-electron chi connectivity index (χ0n) is 15.4. The summed E-state index contributed by atoms with van der Waals surface area (Å²) in [6.45, 7) is 2.38. The van der Waals surface area contributed by atoms with Gasteiger partial charge in [-0.2, -0.15) is 9.29 Å². The Bertz CT molecular complexity index is 1060. The van der Waals surface area contributed by atoms with Crippen LogP contribution in [-0.2, 0) is 20.0 Å². The van der Waals surface area contributed by atoms with Gasteiger partial charge in [-0.05, 0) is 56.9 Å². The minimum atomic E-state index is -3.74. The predicted octanol–water partition coefficient (Wildman–Crippen LogP) is 1.39. The van der Waals surface area contributed by atoms with Crippen molar-refractivity contribution in [1.29, 1.82) is 0 Å². The van der Waals surface area contributed by atoms with Crippen LogP contribution in [0.4, 0.5) is 0 Å². The average molecular weight is 427 g/mol. The van der Waals surface area contributed by atoms with Crippen LogP contribution in [0.25, 0.3) is 0 Å². The summed E-state index contributed by atoms with van der Waals surface area (Å²) >= 11 is 0. The van der Waals surface area contributed by atoms with E-state index in [-0.39, 0.29) is 28.3 Å². The van der Waals surface area contributed by atoms with Crippen LogP contribution in [0.5, 0.6) is 0 Å². The highest BCUT2D eigenvalue weighted by Crippen LogP contribution is 2.30. The summed E-state index contributed by atoms with van der Waals surface area (Å²) in [5, 5.41) is 3.78. The van der Waals surface area contributed by atoms with Crippen molar-refractivity contribution in [3.05, 3.63) is 36.0 Å². The minimum absolute atomic E-state index is 0.00738. The van der Waals surface area contributed by atoms with Crippen LogP contribution >= 0.6 is 0 Å². The number of benzene rings is 1. The van der Waals surface area contributed by atoms with Crippen molar-refractivity contribution in [3.8, 4) is 0 Å². The van der Waals surface area contributed by atoms with Gasteiger partial charge in [-0.3, -0.25) is 0 Å². The first-order chi connectivity index (χ1) is 13.3. The van der Waals surface area contributed by atoms with Gasteiger partial charge in [-0.1, -0.05) is 5.16 Å². The largest absolute Gasteiger partial charge is 0.339 e. The molecule has 1 unspecified atom stereocenters. The molecule has 1 aromatic heterocycles. The highest BCUT2D eigenvalue weighted by atomic mass is 32.2. The topological polar surface area (TPSA) is 122 Å². The summed E-state index contributed by atoms with van der Waals surface area (Å²) in [5.74, 6) is 0.823. The third-order valence-electron chi connectivity index (χ3n) is 4.95. The third-order valence-corrected chi connectivity index (χ3v) is 8.36. The molecule has 1 aliphatic heterocycles. The Kier molecular flexibility index (Phi) is 5.02. The van der Waals surface area contributed by atoms with Gasteiger partial charge in [-0.25, -0.2) is 21.6 Å². The van der Waals surface area contributed by atoms with Crippen molar-refractivity contribution in [2.24, 2.45) is 0 Å². The maximum absolute atomic E-state index is 13.0. The molecule has 0 radical (unpaired) electrons. The van der Waals surface area contributed by atoms with Crippen LogP contribution in [0.15, 0.2) is 38.6 Å². The molecule has 2 fully saturated rings. The van der Waals surface area contributed by atoms with Gasteiger partial charge in [0.2, 0.25) is 25.9 Å². The summed E-state index contributed by atoms with van der Waals surface area (Å²) < 4.78 is 59.7. The lowest BCUT2D eigenvalue weighted by Crippen LogP contribution is -2.39. The molecule has 1 saturated carbocycles. The molecule has 0 bridgehead atoms. The summed E-state index contributed by atoms with van der Waals surface area (Å²) in [5.41, 5.74) is 0. The molecule has 2 aliphatic rings. The number of nitrogens with zero attached hydrogens (tertiary/aromatic N) is 3. The van der Waals surface area contributed by atoms with Crippen molar-refractivity contribution in [2.75, 3.05) is 13.1 Å². The van der Waals surface area contributed by atoms with Crippen molar-refractivity contribution in [1.82, 2.24) is 19.2 Å². The molecular formula is C17H22N4O5S2. The number of piperidine rings is 1. The highest BCUT2D eigenvalue weighted by Gasteiger charge is 2.34.